The van der Waals surface area contributed by atoms with E-state index < -0.39 is 11.6 Å². The molecule has 0 atom stereocenters. The summed E-state index contributed by atoms with van der Waals surface area (Å²) in [6, 6.07) is 9.91. The standard InChI is InChI=1S/C24H21ClF2N4O2/c1-13-18(8-10-21(32)28-16-7-9-20(27)19(25)12-16)24(33)30(3)23-22(13)14(2)29-31(23)17-6-4-5-15(26)11-17/h4-7,9,11-12H,8,10H2,1-3H3,(H,28,32). The molecule has 0 saturated carbocycles. The van der Waals surface area contributed by atoms with E-state index >= 15 is 0 Å². The molecule has 0 radical (unpaired) electrons. The second-order valence-electron chi connectivity index (χ2n) is 7.82. The molecule has 0 aliphatic heterocycles. The number of carbonyl (C=O) groups is 1. The largest absolute Gasteiger partial charge is 0.326 e. The molecule has 2 aromatic carbocycles. The number of anilines is 1. The van der Waals surface area contributed by atoms with Gasteiger partial charge in [0, 0.05) is 30.1 Å². The second kappa shape index (κ2) is 8.78. The van der Waals surface area contributed by atoms with Crippen LogP contribution in [0.1, 0.15) is 23.2 Å². The molecule has 6 nitrogen and oxygen atoms in total. The van der Waals surface area contributed by atoms with Crippen LogP contribution in [0.2, 0.25) is 5.02 Å². The van der Waals surface area contributed by atoms with E-state index in [-0.39, 0.29) is 29.3 Å². The molecule has 0 saturated heterocycles. The molecule has 0 bridgehead atoms. The lowest BCUT2D eigenvalue weighted by Gasteiger charge is -2.13. The maximum atomic E-state index is 13.8. The average molecular weight is 471 g/mol. The van der Waals surface area contributed by atoms with Crippen molar-refractivity contribution in [3.63, 3.8) is 0 Å². The normalized spacial score (nSPS) is 11.2. The van der Waals surface area contributed by atoms with E-state index in [1.54, 1.807) is 23.9 Å². The summed E-state index contributed by atoms with van der Waals surface area (Å²) in [6.07, 6.45) is 0.257. The molecule has 2 aromatic heterocycles. The third-order valence-electron chi connectivity index (χ3n) is 5.60. The van der Waals surface area contributed by atoms with Crippen molar-refractivity contribution in [2.24, 2.45) is 7.05 Å². The first-order valence-electron chi connectivity index (χ1n) is 10.3. The lowest BCUT2D eigenvalue weighted by atomic mass is 10.0. The van der Waals surface area contributed by atoms with Crippen LogP contribution >= 0.6 is 11.6 Å². The van der Waals surface area contributed by atoms with Gasteiger partial charge in [-0.25, -0.2) is 13.5 Å². The molecule has 0 aliphatic rings. The van der Waals surface area contributed by atoms with Crippen molar-refractivity contribution in [1.29, 1.82) is 0 Å². The Labute approximate surface area is 193 Å². The predicted octanol–water partition coefficient (Wildman–Crippen LogP) is 4.84. The van der Waals surface area contributed by atoms with Crippen LogP contribution in [-0.4, -0.2) is 20.3 Å². The minimum Gasteiger partial charge on any atom is -0.326 e. The fourth-order valence-electron chi connectivity index (χ4n) is 3.99. The summed E-state index contributed by atoms with van der Waals surface area (Å²) < 4.78 is 30.1. The van der Waals surface area contributed by atoms with Crippen LogP contribution < -0.4 is 10.9 Å². The van der Waals surface area contributed by atoms with Crippen molar-refractivity contribution in [3.8, 4) is 5.69 Å². The van der Waals surface area contributed by atoms with Crippen LogP contribution in [0.15, 0.2) is 47.3 Å². The van der Waals surface area contributed by atoms with Gasteiger partial charge in [-0.2, -0.15) is 5.10 Å². The number of hydrogen-bond donors (Lipinski definition) is 1. The van der Waals surface area contributed by atoms with E-state index in [1.807, 2.05) is 13.8 Å². The summed E-state index contributed by atoms with van der Waals surface area (Å²) in [6.45, 7) is 3.64. The molecule has 170 valence electrons. The molecule has 0 aliphatic carbocycles. The third-order valence-corrected chi connectivity index (χ3v) is 5.89. The number of aromatic nitrogens is 3. The van der Waals surface area contributed by atoms with Crippen molar-refractivity contribution in [1.82, 2.24) is 14.3 Å². The smallest absolute Gasteiger partial charge is 0.255 e. The fraction of sp³-hybridized carbons (Fsp3) is 0.208. The highest BCUT2D eigenvalue weighted by Crippen LogP contribution is 2.26. The quantitative estimate of drug-likeness (QED) is 0.453. The van der Waals surface area contributed by atoms with E-state index in [4.69, 9.17) is 11.6 Å². The Bertz CT molecular complexity index is 1460. The summed E-state index contributed by atoms with van der Waals surface area (Å²) in [5, 5.41) is 7.89. The van der Waals surface area contributed by atoms with Gasteiger partial charge in [0.1, 0.15) is 17.3 Å². The van der Waals surface area contributed by atoms with Gasteiger partial charge < -0.3 is 5.32 Å². The van der Waals surface area contributed by atoms with Gasteiger partial charge in [0.15, 0.2) is 0 Å². The Morgan fingerprint density at radius 1 is 1.15 bits per heavy atom. The zero-order valence-electron chi connectivity index (χ0n) is 18.2. The van der Waals surface area contributed by atoms with Gasteiger partial charge in [-0.05, 0) is 62.2 Å². The van der Waals surface area contributed by atoms with Crippen molar-refractivity contribution in [2.75, 3.05) is 5.32 Å². The first-order chi connectivity index (χ1) is 15.7. The maximum absolute atomic E-state index is 13.8. The highest BCUT2D eigenvalue weighted by molar-refractivity contribution is 6.31. The number of nitrogens with zero attached hydrogens (tertiary/aromatic N) is 3. The van der Waals surface area contributed by atoms with E-state index in [0.29, 0.717) is 28.3 Å². The Kier molecular flexibility index (Phi) is 6.03. The van der Waals surface area contributed by atoms with Crippen molar-refractivity contribution in [3.05, 3.63) is 86.3 Å². The lowest BCUT2D eigenvalue weighted by Crippen LogP contribution is -2.25. The highest BCUT2D eigenvalue weighted by Gasteiger charge is 2.20. The van der Waals surface area contributed by atoms with E-state index in [0.717, 1.165) is 10.9 Å². The number of benzene rings is 2. The van der Waals surface area contributed by atoms with Gasteiger partial charge in [0.2, 0.25) is 5.91 Å². The minimum absolute atomic E-state index is 0.0493. The van der Waals surface area contributed by atoms with Crippen LogP contribution in [0.25, 0.3) is 16.7 Å². The van der Waals surface area contributed by atoms with Gasteiger partial charge in [-0.1, -0.05) is 17.7 Å². The van der Waals surface area contributed by atoms with Crippen LogP contribution in [0.3, 0.4) is 0 Å². The Balaban J connectivity index is 1.66. The number of carbonyl (C=O) groups excluding carboxylic acids is 1. The molecule has 0 spiro atoms. The molecule has 1 amide bonds. The SMILES string of the molecule is Cc1nn(-c2cccc(F)c2)c2c1c(C)c(CCC(=O)Nc1ccc(F)c(Cl)c1)c(=O)n2C. The number of amides is 1. The van der Waals surface area contributed by atoms with Crippen LogP contribution in [0.5, 0.6) is 0 Å². The van der Waals surface area contributed by atoms with E-state index in [2.05, 4.69) is 10.4 Å². The molecule has 4 rings (SSSR count). The predicted molar refractivity (Wildman–Crippen MR) is 124 cm³/mol. The van der Waals surface area contributed by atoms with Crippen LogP contribution in [0, 0.1) is 25.5 Å². The summed E-state index contributed by atoms with van der Waals surface area (Å²) >= 11 is 5.76. The number of pyridine rings is 1. The topological polar surface area (TPSA) is 68.9 Å². The molecule has 2 heterocycles. The van der Waals surface area contributed by atoms with Crippen molar-refractivity contribution in [2.45, 2.75) is 26.7 Å². The van der Waals surface area contributed by atoms with Crippen LogP contribution in [-0.2, 0) is 18.3 Å². The van der Waals surface area contributed by atoms with Gasteiger partial charge >= 0.3 is 0 Å². The van der Waals surface area contributed by atoms with Crippen LogP contribution in [0.4, 0.5) is 14.5 Å². The molecule has 0 unspecified atom stereocenters. The zero-order valence-corrected chi connectivity index (χ0v) is 19.0. The number of halogens is 3. The van der Waals surface area contributed by atoms with E-state index in [1.165, 1.54) is 34.9 Å². The number of rotatable bonds is 5. The van der Waals surface area contributed by atoms with Gasteiger partial charge in [0.05, 0.1) is 16.4 Å². The first-order valence-corrected chi connectivity index (χ1v) is 10.6. The fourth-order valence-corrected chi connectivity index (χ4v) is 4.17. The molecular formula is C24H21ClF2N4O2. The zero-order chi connectivity index (χ0) is 23.9. The second-order valence-corrected chi connectivity index (χ2v) is 8.23. The van der Waals surface area contributed by atoms with Crippen molar-refractivity contribution >= 4 is 34.2 Å². The summed E-state index contributed by atoms with van der Waals surface area (Å²) in [4.78, 5) is 25.6. The first kappa shape index (κ1) is 22.7. The van der Waals surface area contributed by atoms with Crippen molar-refractivity contribution < 1.29 is 13.6 Å². The third kappa shape index (κ3) is 4.26. The number of nitrogens with one attached hydrogen (secondary N) is 1. The average Bonchev–Trinajstić information content (AvgIpc) is 3.12. The van der Waals surface area contributed by atoms with Gasteiger partial charge in [0.25, 0.3) is 5.56 Å². The molecule has 33 heavy (non-hydrogen) atoms. The lowest BCUT2D eigenvalue weighted by molar-refractivity contribution is -0.116. The van der Waals surface area contributed by atoms with Gasteiger partial charge in [-0.15, -0.1) is 0 Å². The molecule has 4 aromatic rings. The Hall–Kier alpha value is -3.52. The Morgan fingerprint density at radius 3 is 2.61 bits per heavy atom. The highest BCUT2D eigenvalue weighted by atomic mass is 35.5. The molecule has 0 fully saturated rings. The Morgan fingerprint density at radius 2 is 1.91 bits per heavy atom. The number of aryl methyl sites for hydroxylation is 3. The number of hydrogen-bond acceptors (Lipinski definition) is 3. The maximum Gasteiger partial charge on any atom is 0.255 e. The molecular weight excluding hydrogens is 450 g/mol. The molecule has 1 N–H and O–H groups in total. The van der Waals surface area contributed by atoms with Gasteiger partial charge in [-0.3, -0.25) is 14.2 Å². The summed E-state index contributed by atoms with van der Waals surface area (Å²) in [5.74, 6) is -1.30. The summed E-state index contributed by atoms with van der Waals surface area (Å²) in [7, 11) is 1.63. The monoisotopic (exact) mass is 470 g/mol. The number of fused-ring (bicyclic) bond motifs is 1. The minimum atomic E-state index is -0.573. The summed E-state index contributed by atoms with van der Waals surface area (Å²) in [5.41, 5.74) is 3.09. The molecule has 9 heteroatoms. The van der Waals surface area contributed by atoms with E-state index in [9.17, 15) is 18.4 Å².